The lowest BCUT2D eigenvalue weighted by Gasteiger charge is -2.16. The molecule has 1 atom stereocenters. The molecule has 5 heteroatoms. The Morgan fingerprint density at radius 1 is 0.375 bits per heavy atom. The van der Waals surface area contributed by atoms with Crippen molar-refractivity contribution >= 4 is 0 Å². The van der Waals surface area contributed by atoms with Crippen molar-refractivity contribution in [2.45, 2.75) is 12.3 Å². The first kappa shape index (κ1) is 29.1. The molecular weight excluding hydrogens is 587 g/mol. The zero-order valence-corrected chi connectivity index (χ0v) is 26.2. The summed E-state index contributed by atoms with van der Waals surface area (Å²) in [6.07, 6.45) is 9.53. The second-order valence-corrected chi connectivity index (χ2v) is 11.7. The summed E-state index contributed by atoms with van der Waals surface area (Å²) in [6.45, 7) is 0. The number of aromatic nitrogens is 5. The van der Waals surface area contributed by atoms with Gasteiger partial charge < -0.3 is 0 Å². The largest absolute Gasteiger partial charge is 0.232 e. The molecule has 2 heterocycles. The van der Waals surface area contributed by atoms with Crippen LogP contribution in [0.15, 0.2) is 170 Å². The Labute approximate surface area is 280 Å². The molecule has 0 fully saturated rings. The summed E-state index contributed by atoms with van der Waals surface area (Å²) in [7, 11) is 0. The second-order valence-electron chi connectivity index (χ2n) is 11.7. The fraction of sp³-hybridized carbons (Fsp3) is 0.0465. The van der Waals surface area contributed by atoms with E-state index in [0.29, 0.717) is 17.5 Å². The van der Waals surface area contributed by atoms with Gasteiger partial charge in [0.25, 0.3) is 0 Å². The Balaban J connectivity index is 1.19. The van der Waals surface area contributed by atoms with Gasteiger partial charge in [-0.3, -0.25) is 0 Å². The molecule has 0 radical (unpaired) electrons. The van der Waals surface area contributed by atoms with Crippen molar-refractivity contribution in [1.29, 1.82) is 0 Å². The molecule has 0 aliphatic heterocycles. The SMILES string of the molecule is C1=CCC(c2cc(-c3cccc(-c4cccc(-c5nc(-c6ccccc6)nc(-c6ccccc6)n5)c4)c3)nc(-c3ccccc3)n2)C=C1. The number of rotatable bonds is 7. The van der Waals surface area contributed by atoms with Crippen LogP contribution in [0.2, 0.25) is 0 Å². The van der Waals surface area contributed by atoms with Crippen LogP contribution in [0.5, 0.6) is 0 Å². The van der Waals surface area contributed by atoms with Gasteiger partial charge in [0.15, 0.2) is 23.3 Å². The molecule has 1 unspecified atom stereocenters. The van der Waals surface area contributed by atoms with Crippen LogP contribution in [0.1, 0.15) is 18.0 Å². The molecule has 2 aromatic heterocycles. The normalized spacial score (nSPS) is 13.8. The number of nitrogens with zero attached hydrogens (tertiary/aromatic N) is 5. The van der Waals surface area contributed by atoms with Gasteiger partial charge in [0, 0.05) is 33.7 Å². The van der Waals surface area contributed by atoms with E-state index in [4.69, 9.17) is 24.9 Å². The molecule has 1 aliphatic carbocycles. The van der Waals surface area contributed by atoms with Crippen LogP contribution in [0.3, 0.4) is 0 Å². The highest BCUT2D eigenvalue weighted by Gasteiger charge is 2.17. The minimum absolute atomic E-state index is 0.209. The predicted molar refractivity (Wildman–Crippen MR) is 194 cm³/mol. The smallest absolute Gasteiger partial charge is 0.164 e. The van der Waals surface area contributed by atoms with Crippen LogP contribution >= 0.6 is 0 Å². The fourth-order valence-corrected chi connectivity index (χ4v) is 5.95. The average molecular weight is 618 g/mol. The van der Waals surface area contributed by atoms with E-state index in [1.165, 1.54) is 0 Å². The van der Waals surface area contributed by atoms with Crippen molar-refractivity contribution in [2.24, 2.45) is 0 Å². The molecule has 5 aromatic carbocycles. The molecule has 48 heavy (non-hydrogen) atoms. The highest BCUT2D eigenvalue weighted by atomic mass is 15.0. The Morgan fingerprint density at radius 2 is 0.833 bits per heavy atom. The zero-order valence-electron chi connectivity index (χ0n) is 26.2. The molecule has 1 aliphatic rings. The maximum absolute atomic E-state index is 5.07. The first-order valence-corrected chi connectivity index (χ1v) is 16.1. The topological polar surface area (TPSA) is 64.5 Å². The monoisotopic (exact) mass is 617 g/mol. The molecule has 0 amide bonds. The van der Waals surface area contributed by atoms with E-state index in [0.717, 1.165) is 62.6 Å². The van der Waals surface area contributed by atoms with Gasteiger partial charge in [-0.25, -0.2) is 24.9 Å². The van der Waals surface area contributed by atoms with Gasteiger partial charge in [0.1, 0.15) is 0 Å². The molecule has 0 bridgehead atoms. The summed E-state index contributed by atoms with van der Waals surface area (Å²) in [5, 5.41) is 0. The van der Waals surface area contributed by atoms with Gasteiger partial charge in [0.05, 0.1) is 11.4 Å². The average Bonchev–Trinajstić information content (AvgIpc) is 3.19. The summed E-state index contributed by atoms with van der Waals surface area (Å²) in [6, 6.07) is 49.4. The van der Waals surface area contributed by atoms with Crippen LogP contribution in [0, 0.1) is 0 Å². The van der Waals surface area contributed by atoms with Crippen LogP contribution in [0.4, 0.5) is 0 Å². The van der Waals surface area contributed by atoms with Crippen molar-refractivity contribution < 1.29 is 0 Å². The summed E-state index contributed by atoms with van der Waals surface area (Å²) in [5.74, 6) is 2.86. The number of benzene rings is 5. The number of allylic oxidation sites excluding steroid dienone is 4. The minimum atomic E-state index is 0.209. The van der Waals surface area contributed by atoms with Crippen molar-refractivity contribution in [3.63, 3.8) is 0 Å². The zero-order chi connectivity index (χ0) is 32.1. The van der Waals surface area contributed by atoms with E-state index in [1.54, 1.807) is 0 Å². The van der Waals surface area contributed by atoms with Crippen molar-refractivity contribution in [2.75, 3.05) is 0 Å². The molecule has 228 valence electrons. The third-order valence-electron chi connectivity index (χ3n) is 8.45. The van der Waals surface area contributed by atoms with Gasteiger partial charge in [-0.05, 0) is 35.7 Å². The fourth-order valence-electron chi connectivity index (χ4n) is 5.95. The Kier molecular flexibility index (Phi) is 7.99. The molecule has 0 saturated carbocycles. The van der Waals surface area contributed by atoms with Crippen LogP contribution in [0.25, 0.3) is 67.9 Å². The van der Waals surface area contributed by atoms with Crippen LogP contribution in [-0.2, 0) is 0 Å². The number of hydrogen-bond donors (Lipinski definition) is 0. The molecule has 0 saturated heterocycles. The van der Waals surface area contributed by atoms with Crippen molar-refractivity contribution in [3.05, 3.63) is 176 Å². The van der Waals surface area contributed by atoms with Crippen molar-refractivity contribution in [1.82, 2.24) is 24.9 Å². The Bertz CT molecular complexity index is 2200. The maximum atomic E-state index is 5.07. The number of hydrogen-bond acceptors (Lipinski definition) is 5. The van der Waals surface area contributed by atoms with Gasteiger partial charge >= 0.3 is 0 Å². The molecular formula is C43H31N5. The first-order valence-electron chi connectivity index (χ1n) is 16.1. The molecule has 5 nitrogen and oxygen atoms in total. The summed E-state index contributed by atoms with van der Waals surface area (Å²) in [5.41, 5.74) is 8.91. The Morgan fingerprint density at radius 3 is 1.38 bits per heavy atom. The first-order chi connectivity index (χ1) is 23.8. The van der Waals surface area contributed by atoms with E-state index in [1.807, 2.05) is 78.9 Å². The van der Waals surface area contributed by atoms with E-state index < -0.39 is 0 Å². The van der Waals surface area contributed by atoms with E-state index in [-0.39, 0.29) is 5.92 Å². The van der Waals surface area contributed by atoms with Gasteiger partial charge in [-0.1, -0.05) is 152 Å². The molecule has 7 aromatic rings. The second kappa shape index (κ2) is 13.2. The quantitative estimate of drug-likeness (QED) is 0.178. The van der Waals surface area contributed by atoms with Crippen LogP contribution in [-0.4, -0.2) is 24.9 Å². The summed E-state index contributed by atoms with van der Waals surface area (Å²) in [4.78, 5) is 24.8. The minimum Gasteiger partial charge on any atom is -0.232 e. The van der Waals surface area contributed by atoms with Gasteiger partial charge in [-0.15, -0.1) is 0 Å². The molecule has 0 N–H and O–H groups in total. The van der Waals surface area contributed by atoms with Crippen LogP contribution < -0.4 is 0 Å². The lowest BCUT2D eigenvalue weighted by molar-refractivity contribution is 0.811. The van der Waals surface area contributed by atoms with Crippen molar-refractivity contribution in [3.8, 4) is 67.9 Å². The lowest BCUT2D eigenvalue weighted by Crippen LogP contribution is -2.04. The standard InChI is InChI=1S/C43H31N5/c1-5-15-30(16-6-1)38-29-39(45-40(44-38)31-17-7-2-8-18-31)36-25-13-23-34(27-36)35-24-14-26-37(28-35)43-47-41(32-19-9-3-10-20-32)46-42(48-43)33-21-11-4-12-22-33/h1-15,17-30H,16H2. The van der Waals surface area contributed by atoms with Gasteiger partial charge in [0.2, 0.25) is 0 Å². The summed E-state index contributed by atoms with van der Waals surface area (Å²) >= 11 is 0. The maximum Gasteiger partial charge on any atom is 0.164 e. The highest BCUT2D eigenvalue weighted by molar-refractivity contribution is 5.76. The van der Waals surface area contributed by atoms with Gasteiger partial charge in [-0.2, -0.15) is 0 Å². The Hall–Kier alpha value is -6.33. The lowest BCUT2D eigenvalue weighted by atomic mass is 9.95. The summed E-state index contributed by atoms with van der Waals surface area (Å²) < 4.78 is 0. The molecule has 8 rings (SSSR count). The third kappa shape index (κ3) is 6.22. The third-order valence-corrected chi connectivity index (χ3v) is 8.45. The predicted octanol–water partition coefficient (Wildman–Crippen LogP) is 10.3. The van der Waals surface area contributed by atoms with E-state index in [2.05, 4.69) is 91.0 Å². The highest BCUT2D eigenvalue weighted by Crippen LogP contribution is 2.33. The van der Waals surface area contributed by atoms with E-state index >= 15 is 0 Å². The molecule has 0 spiro atoms. The van der Waals surface area contributed by atoms with E-state index in [9.17, 15) is 0 Å².